The van der Waals surface area contributed by atoms with Gasteiger partial charge in [-0.1, -0.05) is 19.3 Å². The minimum atomic E-state index is 0.231. The Morgan fingerprint density at radius 2 is 1.55 bits per heavy atom. The first-order chi connectivity index (χ1) is 9.74. The third-order valence-electron chi connectivity index (χ3n) is 5.19. The summed E-state index contributed by atoms with van der Waals surface area (Å²) in [7, 11) is 2.18. The Morgan fingerprint density at radius 1 is 0.950 bits per heavy atom. The molecule has 0 bridgehead atoms. The van der Waals surface area contributed by atoms with Crippen molar-refractivity contribution in [3.05, 3.63) is 0 Å². The van der Waals surface area contributed by atoms with Crippen LogP contribution in [0.5, 0.6) is 0 Å². The summed E-state index contributed by atoms with van der Waals surface area (Å²) in [6, 6.07) is 1.67. The highest BCUT2D eigenvalue weighted by atomic mass is 16.2. The molecule has 1 N–H and O–H groups in total. The van der Waals surface area contributed by atoms with Crippen molar-refractivity contribution in [3.63, 3.8) is 0 Å². The molecule has 0 aromatic heterocycles. The van der Waals surface area contributed by atoms with Crippen molar-refractivity contribution in [2.24, 2.45) is 0 Å². The second kappa shape index (κ2) is 6.33. The van der Waals surface area contributed by atoms with Gasteiger partial charge in [0, 0.05) is 18.1 Å². The van der Waals surface area contributed by atoms with E-state index in [0.717, 1.165) is 25.9 Å². The number of rotatable bonds is 3. The van der Waals surface area contributed by atoms with Crippen LogP contribution < -0.4 is 5.32 Å². The number of piperidine rings is 1. The minimum absolute atomic E-state index is 0.231. The van der Waals surface area contributed by atoms with Crippen molar-refractivity contribution in [1.29, 1.82) is 0 Å². The monoisotopic (exact) mass is 279 g/mol. The molecule has 3 fully saturated rings. The van der Waals surface area contributed by atoms with E-state index in [0.29, 0.717) is 18.1 Å². The van der Waals surface area contributed by atoms with Crippen LogP contribution in [0.15, 0.2) is 0 Å². The lowest BCUT2D eigenvalue weighted by Gasteiger charge is -2.38. The fourth-order valence-corrected chi connectivity index (χ4v) is 3.75. The molecule has 0 spiro atoms. The summed E-state index contributed by atoms with van der Waals surface area (Å²) in [5.74, 6) is 0. The molecule has 0 unspecified atom stereocenters. The zero-order valence-corrected chi connectivity index (χ0v) is 12.8. The van der Waals surface area contributed by atoms with Gasteiger partial charge in [-0.25, -0.2) is 4.79 Å². The molecule has 0 radical (unpaired) electrons. The van der Waals surface area contributed by atoms with Gasteiger partial charge in [0.15, 0.2) is 0 Å². The van der Waals surface area contributed by atoms with Gasteiger partial charge < -0.3 is 15.1 Å². The first kappa shape index (κ1) is 14.2. The van der Waals surface area contributed by atoms with Crippen LogP contribution in [0.4, 0.5) is 4.79 Å². The van der Waals surface area contributed by atoms with Crippen LogP contribution in [0.3, 0.4) is 0 Å². The van der Waals surface area contributed by atoms with Crippen molar-refractivity contribution in [2.45, 2.75) is 75.9 Å². The fraction of sp³-hybridized carbons (Fsp3) is 0.938. The van der Waals surface area contributed by atoms with E-state index in [2.05, 4.69) is 22.2 Å². The number of likely N-dealkylation sites (tertiary alicyclic amines) is 1. The van der Waals surface area contributed by atoms with E-state index in [1.54, 1.807) is 0 Å². The molecule has 2 amide bonds. The molecule has 1 heterocycles. The highest BCUT2D eigenvalue weighted by Gasteiger charge is 2.38. The first-order valence-corrected chi connectivity index (χ1v) is 8.51. The van der Waals surface area contributed by atoms with Crippen LogP contribution in [-0.2, 0) is 0 Å². The molecule has 3 aliphatic rings. The van der Waals surface area contributed by atoms with Crippen molar-refractivity contribution in [2.75, 3.05) is 20.1 Å². The Balaban J connectivity index is 1.56. The molecule has 2 aliphatic carbocycles. The maximum absolute atomic E-state index is 12.7. The van der Waals surface area contributed by atoms with Crippen LogP contribution in [0, 0.1) is 0 Å². The molecule has 4 heteroatoms. The van der Waals surface area contributed by atoms with Gasteiger partial charge in [-0.05, 0) is 58.7 Å². The molecule has 0 aromatic rings. The quantitative estimate of drug-likeness (QED) is 0.862. The van der Waals surface area contributed by atoms with Crippen LogP contribution >= 0.6 is 0 Å². The lowest BCUT2D eigenvalue weighted by molar-refractivity contribution is 0.123. The van der Waals surface area contributed by atoms with Gasteiger partial charge in [-0.15, -0.1) is 0 Å². The molecule has 2 saturated carbocycles. The molecular weight excluding hydrogens is 250 g/mol. The predicted molar refractivity (Wildman–Crippen MR) is 80.8 cm³/mol. The summed E-state index contributed by atoms with van der Waals surface area (Å²) in [5.41, 5.74) is 0. The Morgan fingerprint density at radius 3 is 2.15 bits per heavy atom. The summed E-state index contributed by atoms with van der Waals surface area (Å²) in [5, 5.41) is 3.32. The van der Waals surface area contributed by atoms with Crippen LogP contribution in [0.2, 0.25) is 0 Å². The summed E-state index contributed by atoms with van der Waals surface area (Å²) >= 11 is 0. The van der Waals surface area contributed by atoms with Crippen molar-refractivity contribution < 1.29 is 4.79 Å². The van der Waals surface area contributed by atoms with Crippen molar-refractivity contribution in [1.82, 2.24) is 15.1 Å². The Kier molecular flexibility index (Phi) is 4.49. The number of carbonyl (C=O) groups excluding carboxylic acids is 1. The Labute approximate surface area is 122 Å². The number of nitrogens with one attached hydrogen (secondary N) is 1. The highest BCUT2D eigenvalue weighted by molar-refractivity contribution is 5.75. The van der Waals surface area contributed by atoms with E-state index in [1.807, 2.05) is 0 Å². The highest BCUT2D eigenvalue weighted by Crippen LogP contribution is 2.32. The molecule has 0 atom stereocenters. The topological polar surface area (TPSA) is 35.6 Å². The lowest BCUT2D eigenvalue weighted by atomic mass is 9.95. The maximum Gasteiger partial charge on any atom is 0.318 e. The first-order valence-electron chi connectivity index (χ1n) is 8.51. The Hall–Kier alpha value is -0.770. The summed E-state index contributed by atoms with van der Waals surface area (Å²) in [6.45, 7) is 2.26. The minimum Gasteiger partial charge on any atom is -0.335 e. The van der Waals surface area contributed by atoms with Gasteiger partial charge in [0.1, 0.15) is 0 Å². The number of hydrogen-bond donors (Lipinski definition) is 1. The third kappa shape index (κ3) is 3.46. The third-order valence-corrected chi connectivity index (χ3v) is 5.19. The van der Waals surface area contributed by atoms with Gasteiger partial charge in [-0.3, -0.25) is 0 Å². The molecule has 3 rings (SSSR count). The van der Waals surface area contributed by atoms with Gasteiger partial charge >= 0.3 is 6.03 Å². The molecule has 4 nitrogen and oxygen atoms in total. The van der Waals surface area contributed by atoms with Gasteiger partial charge in [0.25, 0.3) is 0 Å². The molecule has 1 aliphatic heterocycles. The zero-order chi connectivity index (χ0) is 13.9. The van der Waals surface area contributed by atoms with E-state index in [-0.39, 0.29) is 6.03 Å². The fourth-order valence-electron chi connectivity index (χ4n) is 3.75. The van der Waals surface area contributed by atoms with Crippen molar-refractivity contribution in [3.8, 4) is 0 Å². The molecule has 1 saturated heterocycles. The number of carbonyl (C=O) groups is 1. The zero-order valence-electron chi connectivity index (χ0n) is 12.8. The van der Waals surface area contributed by atoms with Crippen LogP contribution in [-0.4, -0.2) is 54.1 Å². The van der Waals surface area contributed by atoms with Crippen molar-refractivity contribution >= 4 is 6.03 Å². The SMILES string of the molecule is CN1CCC(N(C(=O)NC2CCCCC2)C2CC2)CC1. The second-order valence-electron chi connectivity index (χ2n) is 6.96. The molecule has 114 valence electrons. The average Bonchev–Trinajstić information content (AvgIpc) is 3.27. The van der Waals surface area contributed by atoms with Gasteiger partial charge in [-0.2, -0.15) is 0 Å². The van der Waals surface area contributed by atoms with E-state index in [9.17, 15) is 4.79 Å². The number of urea groups is 1. The maximum atomic E-state index is 12.7. The molecule has 0 aromatic carbocycles. The number of nitrogens with zero attached hydrogens (tertiary/aromatic N) is 2. The summed E-state index contributed by atoms with van der Waals surface area (Å²) in [6.07, 6.45) is 11.0. The van der Waals surface area contributed by atoms with Gasteiger partial charge in [0.05, 0.1) is 0 Å². The van der Waals surface area contributed by atoms with E-state index in [1.165, 1.54) is 44.9 Å². The van der Waals surface area contributed by atoms with E-state index >= 15 is 0 Å². The smallest absolute Gasteiger partial charge is 0.318 e. The molecular formula is C16H29N3O. The standard InChI is InChI=1S/C16H29N3O/c1-18-11-9-15(10-12-18)19(14-7-8-14)16(20)17-13-5-3-2-4-6-13/h13-15H,2-12H2,1H3,(H,17,20). The van der Waals surface area contributed by atoms with Crippen LogP contribution in [0.25, 0.3) is 0 Å². The average molecular weight is 279 g/mol. The van der Waals surface area contributed by atoms with E-state index < -0.39 is 0 Å². The Bertz CT molecular complexity index is 329. The number of hydrogen-bond acceptors (Lipinski definition) is 2. The summed E-state index contributed by atoms with van der Waals surface area (Å²) < 4.78 is 0. The second-order valence-corrected chi connectivity index (χ2v) is 6.96. The molecule has 20 heavy (non-hydrogen) atoms. The van der Waals surface area contributed by atoms with Gasteiger partial charge in [0.2, 0.25) is 0 Å². The van der Waals surface area contributed by atoms with Crippen LogP contribution in [0.1, 0.15) is 57.8 Å². The number of amides is 2. The van der Waals surface area contributed by atoms with E-state index in [4.69, 9.17) is 0 Å². The normalized spacial score (nSPS) is 26.4. The lowest BCUT2D eigenvalue weighted by Crippen LogP contribution is -2.53. The largest absolute Gasteiger partial charge is 0.335 e. The predicted octanol–water partition coefficient (Wildman–Crippen LogP) is 2.59. The summed E-state index contributed by atoms with van der Waals surface area (Å²) in [4.78, 5) is 17.3.